The quantitative estimate of drug-likeness (QED) is 0.922. The molecule has 2 heterocycles. The number of likely N-dealkylation sites (N-methyl/N-ethyl adjacent to an activating group) is 1. The molecule has 1 fully saturated rings. The van der Waals surface area contributed by atoms with Gasteiger partial charge < -0.3 is 15.4 Å². The maximum Gasteiger partial charge on any atom is 0.129 e. The molecule has 4 nitrogen and oxygen atoms in total. The first-order valence-electron chi connectivity index (χ1n) is 7.39. The Labute approximate surface area is 122 Å². The normalized spacial score (nSPS) is 23.1. The van der Waals surface area contributed by atoms with Crippen LogP contribution < -0.4 is 10.6 Å². The van der Waals surface area contributed by atoms with Crippen molar-refractivity contribution in [3.05, 3.63) is 23.4 Å². The average molecular weight is 277 g/mol. The van der Waals surface area contributed by atoms with Crippen molar-refractivity contribution in [2.45, 2.75) is 58.2 Å². The second-order valence-electron chi connectivity index (χ2n) is 6.72. The van der Waals surface area contributed by atoms with Crippen LogP contribution in [-0.4, -0.2) is 30.8 Å². The van der Waals surface area contributed by atoms with E-state index in [1.165, 1.54) is 0 Å². The van der Waals surface area contributed by atoms with Crippen LogP contribution >= 0.6 is 0 Å². The molecule has 1 saturated heterocycles. The number of pyridine rings is 1. The second-order valence-corrected chi connectivity index (χ2v) is 6.72. The van der Waals surface area contributed by atoms with E-state index in [1.54, 1.807) is 0 Å². The zero-order valence-corrected chi connectivity index (χ0v) is 13.3. The molecule has 0 saturated carbocycles. The minimum absolute atomic E-state index is 0.0264. The van der Waals surface area contributed by atoms with Crippen LogP contribution in [0.15, 0.2) is 12.1 Å². The molecule has 0 aromatic carbocycles. The molecule has 2 unspecified atom stereocenters. The van der Waals surface area contributed by atoms with E-state index in [9.17, 15) is 0 Å². The van der Waals surface area contributed by atoms with E-state index in [0.29, 0.717) is 12.6 Å². The van der Waals surface area contributed by atoms with Gasteiger partial charge in [0.05, 0.1) is 12.1 Å². The summed E-state index contributed by atoms with van der Waals surface area (Å²) in [5.41, 5.74) is 8.10. The van der Waals surface area contributed by atoms with Crippen LogP contribution in [0.4, 0.5) is 5.82 Å². The molecule has 1 aliphatic heterocycles. The summed E-state index contributed by atoms with van der Waals surface area (Å²) in [6.45, 7) is 10.1. The number of nitrogens with two attached hydrogens (primary N) is 1. The number of hydrogen-bond donors (Lipinski definition) is 1. The predicted octanol–water partition coefficient (Wildman–Crippen LogP) is 2.45. The lowest BCUT2D eigenvalue weighted by Crippen LogP contribution is -2.37. The third-order valence-corrected chi connectivity index (χ3v) is 4.07. The van der Waals surface area contributed by atoms with E-state index in [-0.39, 0.29) is 11.5 Å². The Kier molecular flexibility index (Phi) is 4.35. The molecule has 0 radical (unpaired) electrons. The Morgan fingerprint density at radius 1 is 1.40 bits per heavy atom. The highest BCUT2D eigenvalue weighted by atomic mass is 16.5. The molecule has 2 N–H and O–H groups in total. The van der Waals surface area contributed by atoms with Gasteiger partial charge in [-0.05, 0) is 31.0 Å². The lowest BCUT2D eigenvalue weighted by Gasteiger charge is -2.30. The summed E-state index contributed by atoms with van der Waals surface area (Å²) in [5.74, 6) is 1.00. The van der Waals surface area contributed by atoms with Crippen LogP contribution in [0.2, 0.25) is 0 Å². The zero-order valence-electron chi connectivity index (χ0n) is 13.3. The van der Waals surface area contributed by atoms with Gasteiger partial charge in [-0.15, -0.1) is 0 Å². The number of rotatable bonds is 3. The Morgan fingerprint density at radius 2 is 2.10 bits per heavy atom. The van der Waals surface area contributed by atoms with Crippen molar-refractivity contribution in [1.29, 1.82) is 0 Å². The van der Waals surface area contributed by atoms with Crippen LogP contribution in [0, 0.1) is 0 Å². The summed E-state index contributed by atoms with van der Waals surface area (Å²) in [6.07, 6.45) is 1.30. The van der Waals surface area contributed by atoms with Gasteiger partial charge in [-0.25, -0.2) is 4.98 Å². The fraction of sp³-hybridized carbons (Fsp3) is 0.688. The molecule has 1 aliphatic rings. The molecular formula is C16H27N3O. The van der Waals surface area contributed by atoms with Gasteiger partial charge in [-0.3, -0.25) is 0 Å². The predicted molar refractivity (Wildman–Crippen MR) is 83.1 cm³/mol. The van der Waals surface area contributed by atoms with Crippen molar-refractivity contribution < 1.29 is 4.74 Å². The van der Waals surface area contributed by atoms with Crippen molar-refractivity contribution >= 4 is 5.82 Å². The topological polar surface area (TPSA) is 51.4 Å². The number of anilines is 1. The van der Waals surface area contributed by atoms with E-state index < -0.39 is 0 Å². The van der Waals surface area contributed by atoms with E-state index in [1.807, 2.05) is 0 Å². The fourth-order valence-corrected chi connectivity index (χ4v) is 2.65. The zero-order chi connectivity index (χ0) is 14.9. The van der Waals surface area contributed by atoms with Crippen LogP contribution in [0.25, 0.3) is 0 Å². The first kappa shape index (κ1) is 15.3. The summed E-state index contributed by atoms with van der Waals surface area (Å²) in [4.78, 5) is 7.09. The molecule has 0 aliphatic carbocycles. The van der Waals surface area contributed by atoms with Gasteiger partial charge in [0.1, 0.15) is 5.82 Å². The molecule has 4 heteroatoms. The lowest BCUT2D eigenvalue weighted by molar-refractivity contribution is 0.118. The maximum atomic E-state index is 5.84. The highest BCUT2D eigenvalue weighted by Gasteiger charge is 2.29. The number of ether oxygens (including phenoxy) is 1. The van der Waals surface area contributed by atoms with Crippen molar-refractivity contribution in [2.24, 2.45) is 5.73 Å². The Morgan fingerprint density at radius 3 is 2.60 bits per heavy atom. The monoisotopic (exact) mass is 277 g/mol. The molecular weight excluding hydrogens is 250 g/mol. The SMILES string of the molecule is CC1OCCC1N(C)c1cc(CN)cc(C(C)(C)C)n1. The van der Waals surface area contributed by atoms with Gasteiger partial charge in [0, 0.05) is 31.3 Å². The minimum atomic E-state index is 0.0264. The Balaban J connectivity index is 2.35. The molecule has 0 amide bonds. The van der Waals surface area contributed by atoms with Gasteiger partial charge in [0.25, 0.3) is 0 Å². The Bertz CT molecular complexity index is 467. The number of aromatic nitrogens is 1. The van der Waals surface area contributed by atoms with E-state index in [2.05, 4.69) is 51.8 Å². The highest BCUT2D eigenvalue weighted by Crippen LogP contribution is 2.27. The second kappa shape index (κ2) is 5.70. The Hall–Kier alpha value is -1.13. The molecule has 112 valence electrons. The molecule has 0 spiro atoms. The van der Waals surface area contributed by atoms with Crippen molar-refractivity contribution in [2.75, 3.05) is 18.6 Å². The maximum absolute atomic E-state index is 5.84. The van der Waals surface area contributed by atoms with Crippen LogP contribution in [0.5, 0.6) is 0 Å². The molecule has 20 heavy (non-hydrogen) atoms. The summed E-state index contributed by atoms with van der Waals surface area (Å²) >= 11 is 0. The first-order valence-corrected chi connectivity index (χ1v) is 7.39. The molecule has 1 aromatic rings. The minimum Gasteiger partial charge on any atom is -0.376 e. The van der Waals surface area contributed by atoms with E-state index in [0.717, 1.165) is 30.1 Å². The highest BCUT2D eigenvalue weighted by molar-refractivity contribution is 5.44. The molecule has 2 atom stereocenters. The van der Waals surface area contributed by atoms with Crippen molar-refractivity contribution in [3.63, 3.8) is 0 Å². The first-order chi connectivity index (χ1) is 9.32. The standard InChI is InChI=1S/C16H27N3O/c1-11-13(6-7-20-11)19(5)15-9-12(10-17)8-14(18-15)16(2,3)4/h8-9,11,13H,6-7,10,17H2,1-5H3. The third kappa shape index (κ3) is 3.13. The van der Waals surface area contributed by atoms with Crippen LogP contribution in [-0.2, 0) is 16.7 Å². The lowest BCUT2D eigenvalue weighted by atomic mass is 9.90. The van der Waals surface area contributed by atoms with Gasteiger partial charge in [0.2, 0.25) is 0 Å². The van der Waals surface area contributed by atoms with Crippen LogP contribution in [0.3, 0.4) is 0 Å². The van der Waals surface area contributed by atoms with Crippen molar-refractivity contribution in [1.82, 2.24) is 4.98 Å². The van der Waals surface area contributed by atoms with Gasteiger partial charge in [-0.2, -0.15) is 0 Å². The summed E-state index contributed by atoms with van der Waals surface area (Å²) in [6, 6.07) is 4.61. The van der Waals surface area contributed by atoms with Crippen molar-refractivity contribution in [3.8, 4) is 0 Å². The molecule has 0 bridgehead atoms. The molecule has 1 aromatic heterocycles. The summed E-state index contributed by atoms with van der Waals surface area (Å²) in [7, 11) is 2.10. The number of nitrogens with zero attached hydrogens (tertiary/aromatic N) is 2. The summed E-state index contributed by atoms with van der Waals surface area (Å²) < 4.78 is 5.67. The fourth-order valence-electron chi connectivity index (χ4n) is 2.65. The third-order valence-electron chi connectivity index (χ3n) is 4.07. The van der Waals surface area contributed by atoms with Gasteiger partial charge in [0.15, 0.2) is 0 Å². The largest absolute Gasteiger partial charge is 0.376 e. The van der Waals surface area contributed by atoms with Gasteiger partial charge >= 0.3 is 0 Å². The summed E-state index contributed by atoms with van der Waals surface area (Å²) in [5, 5.41) is 0. The number of hydrogen-bond acceptors (Lipinski definition) is 4. The molecule has 2 rings (SSSR count). The smallest absolute Gasteiger partial charge is 0.129 e. The average Bonchev–Trinajstić information content (AvgIpc) is 2.82. The van der Waals surface area contributed by atoms with Gasteiger partial charge in [-0.1, -0.05) is 20.8 Å². The van der Waals surface area contributed by atoms with Crippen LogP contribution in [0.1, 0.15) is 45.4 Å². The van der Waals surface area contributed by atoms with E-state index in [4.69, 9.17) is 15.5 Å². The van der Waals surface area contributed by atoms with E-state index >= 15 is 0 Å².